The lowest BCUT2D eigenvalue weighted by molar-refractivity contribution is -0.124. The molecule has 0 unspecified atom stereocenters. The van der Waals surface area contributed by atoms with Crippen LogP contribution in [0.5, 0.6) is 17.2 Å². The van der Waals surface area contributed by atoms with Crippen LogP contribution in [0.2, 0.25) is 0 Å². The van der Waals surface area contributed by atoms with Gasteiger partial charge < -0.3 is 19.5 Å². The summed E-state index contributed by atoms with van der Waals surface area (Å²) >= 11 is 3.39. The van der Waals surface area contributed by atoms with E-state index >= 15 is 0 Å². The largest absolute Gasteiger partial charge is 0.497 e. The number of carbonyl (C=O) groups is 2. The van der Waals surface area contributed by atoms with Crippen LogP contribution >= 0.6 is 15.9 Å². The smallest absolute Gasteiger partial charge is 0.240 e. The van der Waals surface area contributed by atoms with Crippen LogP contribution in [0.15, 0.2) is 46.0 Å². The number of halogens is 1. The SMILES string of the molecule is COc1ccc(NC(=O)CCC(=O)NN=Cc2cc(Br)c(OC)c(OC)c2)cc1. The molecule has 2 N–H and O–H groups in total. The van der Waals surface area contributed by atoms with Crippen LogP contribution in [0, 0.1) is 0 Å². The van der Waals surface area contributed by atoms with Crippen LogP contribution in [0.25, 0.3) is 0 Å². The lowest BCUT2D eigenvalue weighted by atomic mass is 10.2. The maximum atomic E-state index is 11.9. The topological polar surface area (TPSA) is 98.2 Å². The first-order chi connectivity index (χ1) is 14.0. The molecule has 0 aliphatic heterocycles. The summed E-state index contributed by atoms with van der Waals surface area (Å²) in [6.45, 7) is 0. The van der Waals surface area contributed by atoms with E-state index in [4.69, 9.17) is 14.2 Å². The molecule has 0 saturated heterocycles. The highest BCUT2D eigenvalue weighted by Gasteiger charge is 2.10. The molecule has 0 aromatic heterocycles. The summed E-state index contributed by atoms with van der Waals surface area (Å²) < 4.78 is 16.3. The normalized spacial score (nSPS) is 10.5. The van der Waals surface area contributed by atoms with Gasteiger partial charge in [-0.25, -0.2) is 5.43 Å². The molecule has 0 bridgehead atoms. The van der Waals surface area contributed by atoms with Gasteiger partial charge in [0.1, 0.15) is 5.75 Å². The van der Waals surface area contributed by atoms with Crippen LogP contribution < -0.4 is 25.0 Å². The lowest BCUT2D eigenvalue weighted by Crippen LogP contribution is -2.20. The minimum atomic E-state index is -0.370. The average Bonchev–Trinajstić information content (AvgIpc) is 2.72. The molecule has 2 aromatic rings. The fraction of sp³-hybridized carbons (Fsp3) is 0.250. The fourth-order valence-electron chi connectivity index (χ4n) is 2.37. The molecule has 0 saturated carbocycles. The van der Waals surface area contributed by atoms with Gasteiger partial charge in [0.15, 0.2) is 11.5 Å². The number of benzene rings is 2. The average molecular weight is 464 g/mol. The number of hydrogen-bond donors (Lipinski definition) is 2. The van der Waals surface area contributed by atoms with E-state index in [0.717, 1.165) is 0 Å². The number of hydrazone groups is 1. The summed E-state index contributed by atoms with van der Waals surface area (Å²) in [6.07, 6.45) is 1.52. The predicted molar refractivity (Wildman–Crippen MR) is 114 cm³/mol. The third kappa shape index (κ3) is 6.79. The Kier molecular flexibility index (Phi) is 8.47. The number of rotatable bonds is 9. The van der Waals surface area contributed by atoms with Gasteiger partial charge in [-0.3, -0.25) is 9.59 Å². The molecule has 0 spiro atoms. The molecular formula is C20H22BrN3O5. The highest BCUT2D eigenvalue weighted by molar-refractivity contribution is 9.10. The molecule has 154 valence electrons. The fourth-order valence-corrected chi connectivity index (χ4v) is 2.99. The van der Waals surface area contributed by atoms with Crippen molar-refractivity contribution in [3.05, 3.63) is 46.4 Å². The van der Waals surface area contributed by atoms with E-state index in [0.29, 0.717) is 33.0 Å². The Balaban J connectivity index is 1.81. The molecule has 2 aromatic carbocycles. The lowest BCUT2D eigenvalue weighted by Gasteiger charge is -2.10. The summed E-state index contributed by atoms with van der Waals surface area (Å²) in [7, 11) is 4.64. The Bertz CT molecular complexity index is 884. The Morgan fingerprint density at radius 1 is 1.00 bits per heavy atom. The predicted octanol–water partition coefficient (Wildman–Crippen LogP) is 3.34. The molecule has 0 aliphatic carbocycles. The zero-order valence-electron chi connectivity index (χ0n) is 16.3. The second kappa shape index (κ2) is 11.1. The molecule has 0 heterocycles. The van der Waals surface area contributed by atoms with Crippen LogP contribution in [0.1, 0.15) is 18.4 Å². The first-order valence-corrected chi connectivity index (χ1v) is 9.43. The van der Waals surface area contributed by atoms with E-state index in [1.807, 2.05) is 0 Å². The molecule has 0 radical (unpaired) electrons. The zero-order valence-corrected chi connectivity index (χ0v) is 17.9. The van der Waals surface area contributed by atoms with Crippen molar-refractivity contribution in [2.75, 3.05) is 26.6 Å². The van der Waals surface area contributed by atoms with E-state index in [1.54, 1.807) is 50.6 Å². The van der Waals surface area contributed by atoms with Crippen molar-refractivity contribution in [3.8, 4) is 17.2 Å². The molecule has 29 heavy (non-hydrogen) atoms. The molecule has 0 atom stereocenters. The Labute approximate surface area is 177 Å². The van der Waals surface area contributed by atoms with E-state index in [9.17, 15) is 9.59 Å². The summed E-state index contributed by atoms with van der Waals surface area (Å²) in [5.41, 5.74) is 3.73. The number of hydrogen-bond acceptors (Lipinski definition) is 6. The van der Waals surface area contributed by atoms with Crippen molar-refractivity contribution in [1.82, 2.24) is 5.43 Å². The number of nitrogens with zero attached hydrogens (tertiary/aromatic N) is 1. The molecule has 0 fully saturated rings. The van der Waals surface area contributed by atoms with Crippen molar-refractivity contribution in [2.45, 2.75) is 12.8 Å². The Morgan fingerprint density at radius 3 is 2.31 bits per heavy atom. The van der Waals surface area contributed by atoms with E-state index < -0.39 is 0 Å². The van der Waals surface area contributed by atoms with Gasteiger partial charge in [-0.2, -0.15) is 5.10 Å². The summed E-state index contributed by atoms with van der Waals surface area (Å²) in [5.74, 6) is 1.16. The number of methoxy groups -OCH3 is 3. The van der Waals surface area contributed by atoms with Gasteiger partial charge in [-0.05, 0) is 57.9 Å². The highest BCUT2D eigenvalue weighted by Crippen LogP contribution is 2.35. The van der Waals surface area contributed by atoms with Crippen LogP contribution in [0.3, 0.4) is 0 Å². The first-order valence-electron chi connectivity index (χ1n) is 8.64. The maximum absolute atomic E-state index is 11.9. The number of nitrogens with one attached hydrogen (secondary N) is 2. The molecule has 8 nitrogen and oxygen atoms in total. The number of amides is 2. The van der Waals surface area contributed by atoms with Gasteiger partial charge in [0, 0.05) is 18.5 Å². The second-order valence-electron chi connectivity index (χ2n) is 5.81. The highest BCUT2D eigenvalue weighted by atomic mass is 79.9. The van der Waals surface area contributed by atoms with Gasteiger partial charge in [-0.1, -0.05) is 0 Å². The van der Waals surface area contributed by atoms with Crippen molar-refractivity contribution < 1.29 is 23.8 Å². The maximum Gasteiger partial charge on any atom is 0.240 e. The van der Waals surface area contributed by atoms with Crippen molar-refractivity contribution >= 4 is 39.6 Å². The number of carbonyl (C=O) groups excluding carboxylic acids is 2. The number of ether oxygens (including phenoxy) is 3. The minimum Gasteiger partial charge on any atom is -0.497 e. The van der Waals surface area contributed by atoms with Crippen LogP contribution in [-0.4, -0.2) is 39.4 Å². The van der Waals surface area contributed by atoms with Gasteiger partial charge in [0.25, 0.3) is 0 Å². The third-order valence-corrected chi connectivity index (χ3v) is 4.40. The molecule has 2 rings (SSSR count). The van der Waals surface area contributed by atoms with Gasteiger partial charge in [0.2, 0.25) is 11.8 Å². The monoisotopic (exact) mass is 463 g/mol. The summed E-state index contributed by atoms with van der Waals surface area (Å²) in [6, 6.07) is 10.4. The van der Waals surface area contributed by atoms with Gasteiger partial charge >= 0.3 is 0 Å². The van der Waals surface area contributed by atoms with Crippen molar-refractivity contribution in [3.63, 3.8) is 0 Å². The quantitative estimate of drug-likeness (QED) is 0.438. The van der Waals surface area contributed by atoms with E-state index in [1.165, 1.54) is 13.3 Å². The Morgan fingerprint density at radius 2 is 1.69 bits per heavy atom. The van der Waals surface area contributed by atoms with Crippen LogP contribution in [-0.2, 0) is 9.59 Å². The van der Waals surface area contributed by atoms with Gasteiger partial charge in [-0.15, -0.1) is 0 Å². The standard InChI is InChI=1S/C20H22BrN3O5/c1-27-15-6-4-14(5-7-15)23-18(25)8-9-19(26)24-22-12-13-10-16(21)20(29-3)17(11-13)28-2/h4-7,10-12H,8-9H2,1-3H3,(H,23,25)(H,24,26). The Hall–Kier alpha value is -3.07. The van der Waals surface area contributed by atoms with E-state index in [-0.39, 0.29) is 24.7 Å². The molecule has 0 aliphatic rings. The molecule has 9 heteroatoms. The number of anilines is 1. The summed E-state index contributed by atoms with van der Waals surface area (Å²) in [5, 5.41) is 6.62. The third-order valence-electron chi connectivity index (χ3n) is 3.81. The minimum absolute atomic E-state index is 0.00889. The van der Waals surface area contributed by atoms with Crippen LogP contribution in [0.4, 0.5) is 5.69 Å². The molecule has 2 amide bonds. The summed E-state index contributed by atoms with van der Waals surface area (Å²) in [4.78, 5) is 23.8. The van der Waals surface area contributed by atoms with Crippen molar-refractivity contribution in [1.29, 1.82) is 0 Å². The second-order valence-corrected chi connectivity index (χ2v) is 6.66. The van der Waals surface area contributed by atoms with E-state index in [2.05, 4.69) is 31.8 Å². The first kappa shape index (κ1) is 22.2. The van der Waals surface area contributed by atoms with Gasteiger partial charge in [0.05, 0.1) is 32.0 Å². The zero-order chi connectivity index (χ0) is 21.2. The van der Waals surface area contributed by atoms with Crippen molar-refractivity contribution in [2.24, 2.45) is 5.10 Å². The molecular weight excluding hydrogens is 442 g/mol.